The van der Waals surface area contributed by atoms with Crippen LogP contribution in [0.15, 0.2) is 30.7 Å². The first-order chi connectivity index (χ1) is 8.31. The summed E-state index contributed by atoms with van der Waals surface area (Å²) in [5.74, 6) is 0.480. The second-order valence-electron chi connectivity index (χ2n) is 3.52. The molecule has 1 atom stereocenters. The number of carbonyl (C=O) groups excluding carboxylic acids is 1. The maximum absolute atomic E-state index is 10.5. The smallest absolute Gasteiger partial charge is 0.293 e. The number of aromatic amines is 1. The van der Waals surface area contributed by atoms with E-state index < -0.39 is 6.10 Å². The summed E-state index contributed by atoms with van der Waals surface area (Å²) in [6, 6.07) is 3.63. The lowest BCUT2D eigenvalue weighted by molar-refractivity contribution is -0.133. The fourth-order valence-corrected chi connectivity index (χ4v) is 1.56. The molecule has 0 fully saturated rings. The summed E-state index contributed by atoms with van der Waals surface area (Å²) < 4.78 is 5.04. The molecule has 0 saturated heterocycles. The molecule has 6 heteroatoms. The molecule has 1 unspecified atom stereocenters. The Balaban J connectivity index is 2.19. The summed E-state index contributed by atoms with van der Waals surface area (Å²) in [5, 5.41) is 6.45. The number of aromatic nitrogens is 3. The molecule has 0 radical (unpaired) electrons. The number of nitrogens with two attached hydrogens (primary N) is 1. The number of hydrogen-bond donors (Lipinski definition) is 2. The monoisotopic (exact) mass is 232 g/mol. The number of nitrogen functional groups attached to an aromatic ring is 1. The van der Waals surface area contributed by atoms with E-state index >= 15 is 0 Å². The first kappa shape index (κ1) is 11.1. The Labute approximate surface area is 97.8 Å². The van der Waals surface area contributed by atoms with Crippen LogP contribution >= 0.6 is 0 Å². The van der Waals surface area contributed by atoms with Gasteiger partial charge in [-0.1, -0.05) is 6.07 Å². The third-order valence-corrected chi connectivity index (χ3v) is 2.43. The van der Waals surface area contributed by atoms with Crippen molar-refractivity contribution in [1.29, 1.82) is 0 Å². The van der Waals surface area contributed by atoms with Crippen molar-refractivity contribution in [2.24, 2.45) is 0 Å². The zero-order chi connectivity index (χ0) is 12.1. The second kappa shape index (κ2) is 5.11. The Bertz CT molecular complexity index is 483. The molecule has 2 aromatic rings. The Morgan fingerprint density at radius 2 is 2.41 bits per heavy atom. The van der Waals surface area contributed by atoms with Crippen molar-refractivity contribution in [2.45, 2.75) is 12.5 Å². The summed E-state index contributed by atoms with van der Waals surface area (Å²) >= 11 is 0. The molecule has 6 nitrogen and oxygen atoms in total. The Morgan fingerprint density at radius 3 is 3.00 bits per heavy atom. The minimum absolute atomic E-state index is 0.402. The Hall–Kier alpha value is -2.37. The number of H-pyrrole nitrogens is 1. The third kappa shape index (κ3) is 2.60. The number of ether oxygens (including phenoxy) is 1. The number of rotatable bonds is 5. The van der Waals surface area contributed by atoms with Crippen LogP contribution in [0.25, 0.3) is 0 Å². The fourth-order valence-electron chi connectivity index (χ4n) is 1.56. The number of hydrogen-bond acceptors (Lipinski definition) is 5. The molecular formula is C11H12N4O2. The van der Waals surface area contributed by atoms with Crippen LogP contribution in [0.2, 0.25) is 0 Å². The van der Waals surface area contributed by atoms with E-state index in [0.717, 1.165) is 11.1 Å². The van der Waals surface area contributed by atoms with Crippen molar-refractivity contribution in [3.05, 3.63) is 41.9 Å². The average Bonchev–Trinajstić information content (AvgIpc) is 2.76. The third-order valence-electron chi connectivity index (χ3n) is 2.43. The number of pyridine rings is 1. The van der Waals surface area contributed by atoms with Crippen LogP contribution in [0.1, 0.15) is 17.2 Å². The fraction of sp³-hybridized carbons (Fsp3) is 0.182. The van der Waals surface area contributed by atoms with E-state index in [-0.39, 0.29) is 0 Å². The van der Waals surface area contributed by atoms with Crippen LogP contribution in [0.5, 0.6) is 0 Å². The quantitative estimate of drug-likeness (QED) is 0.745. The summed E-state index contributed by atoms with van der Waals surface area (Å²) in [6.45, 7) is 0.425. The van der Waals surface area contributed by atoms with Gasteiger partial charge in [0.25, 0.3) is 6.47 Å². The molecular weight excluding hydrogens is 220 g/mol. The van der Waals surface area contributed by atoms with Gasteiger partial charge in [0.05, 0.1) is 6.20 Å². The highest BCUT2D eigenvalue weighted by Gasteiger charge is 2.15. The van der Waals surface area contributed by atoms with Gasteiger partial charge < -0.3 is 10.5 Å². The lowest BCUT2D eigenvalue weighted by Gasteiger charge is -2.14. The summed E-state index contributed by atoms with van der Waals surface area (Å²) in [4.78, 5) is 14.5. The number of nitrogens with zero attached hydrogens (tertiary/aromatic N) is 2. The molecule has 0 aliphatic carbocycles. The van der Waals surface area contributed by atoms with Crippen LogP contribution in [-0.2, 0) is 16.0 Å². The first-order valence-electron chi connectivity index (χ1n) is 5.08. The van der Waals surface area contributed by atoms with Gasteiger partial charge >= 0.3 is 0 Å². The van der Waals surface area contributed by atoms with Gasteiger partial charge in [0.2, 0.25) is 0 Å². The predicted octanol–water partition coefficient (Wildman–Crippen LogP) is 0.844. The molecule has 2 heterocycles. The van der Waals surface area contributed by atoms with Crippen molar-refractivity contribution in [3.63, 3.8) is 0 Å². The minimum atomic E-state index is -0.402. The van der Waals surface area contributed by atoms with E-state index in [0.29, 0.717) is 18.7 Å². The van der Waals surface area contributed by atoms with Crippen molar-refractivity contribution >= 4 is 12.3 Å². The van der Waals surface area contributed by atoms with E-state index in [1.165, 1.54) is 0 Å². The molecule has 2 rings (SSSR count). The lowest BCUT2D eigenvalue weighted by Crippen LogP contribution is -2.08. The molecule has 88 valence electrons. The van der Waals surface area contributed by atoms with E-state index in [4.69, 9.17) is 10.5 Å². The largest absolute Gasteiger partial charge is 0.459 e. The van der Waals surface area contributed by atoms with Gasteiger partial charge in [-0.2, -0.15) is 5.10 Å². The van der Waals surface area contributed by atoms with Gasteiger partial charge in [-0.15, -0.1) is 0 Å². The molecule has 0 bridgehead atoms. The van der Waals surface area contributed by atoms with Crippen LogP contribution in [0.3, 0.4) is 0 Å². The lowest BCUT2D eigenvalue weighted by atomic mass is 10.0. The highest BCUT2D eigenvalue weighted by molar-refractivity contribution is 5.41. The van der Waals surface area contributed by atoms with Crippen LogP contribution < -0.4 is 5.73 Å². The molecule has 0 spiro atoms. The van der Waals surface area contributed by atoms with Gasteiger partial charge in [-0.05, 0) is 6.07 Å². The van der Waals surface area contributed by atoms with Crippen LogP contribution in [0, 0.1) is 0 Å². The number of carbonyl (C=O) groups is 1. The second-order valence-corrected chi connectivity index (χ2v) is 3.52. The molecule has 2 aromatic heterocycles. The van der Waals surface area contributed by atoms with Gasteiger partial charge in [0.15, 0.2) is 0 Å². The minimum Gasteiger partial charge on any atom is -0.459 e. The van der Waals surface area contributed by atoms with E-state index in [1.54, 1.807) is 24.7 Å². The molecule has 0 aliphatic heterocycles. The highest BCUT2D eigenvalue weighted by Crippen LogP contribution is 2.22. The average molecular weight is 232 g/mol. The number of anilines is 1. The summed E-state index contributed by atoms with van der Waals surface area (Å²) in [5.41, 5.74) is 7.31. The molecule has 0 aliphatic rings. The first-order valence-corrected chi connectivity index (χ1v) is 5.08. The van der Waals surface area contributed by atoms with Gasteiger partial charge in [0.1, 0.15) is 11.9 Å². The van der Waals surface area contributed by atoms with Crippen molar-refractivity contribution < 1.29 is 9.53 Å². The van der Waals surface area contributed by atoms with Gasteiger partial charge in [0, 0.05) is 29.9 Å². The predicted molar refractivity (Wildman–Crippen MR) is 60.8 cm³/mol. The van der Waals surface area contributed by atoms with E-state index in [9.17, 15) is 4.79 Å². The van der Waals surface area contributed by atoms with Gasteiger partial charge in [-0.25, -0.2) is 0 Å². The van der Waals surface area contributed by atoms with Crippen molar-refractivity contribution in [2.75, 3.05) is 5.73 Å². The Morgan fingerprint density at radius 1 is 1.53 bits per heavy atom. The Kier molecular flexibility index (Phi) is 3.34. The maximum Gasteiger partial charge on any atom is 0.293 e. The zero-order valence-corrected chi connectivity index (χ0v) is 9.04. The van der Waals surface area contributed by atoms with Crippen molar-refractivity contribution in [1.82, 2.24) is 15.2 Å². The molecule has 0 amide bonds. The van der Waals surface area contributed by atoms with Crippen molar-refractivity contribution in [3.8, 4) is 0 Å². The molecule has 0 saturated carbocycles. The van der Waals surface area contributed by atoms with E-state index in [2.05, 4.69) is 15.2 Å². The van der Waals surface area contributed by atoms with E-state index in [1.807, 2.05) is 6.07 Å². The molecule has 3 N–H and O–H groups in total. The summed E-state index contributed by atoms with van der Waals surface area (Å²) in [6.07, 6.45) is 5.00. The highest BCUT2D eigenvalue weighted by atomic mass is 16.5. The normalized spacial score (nSPS) is 12.0. The topological polar surface area (TPSA) is 93.9 Å². The summed E-state index contributed by atoms with van der Waals surface area (Å²) in [7, 11) is 0. The SMILES string of the molecule is Nc1[nH]ncc1CC(OC=O)c1cccnc1. The number of nitrogens with one attached hydrogen (secondary N) is 1. The molecule has 17 heavy (non-hydrogen) atoms. The standard InChI is InChI=1S/C11H12N4O2/c12-11-9(6-14-15-11)4-10(17-7-16)8-2-1-3-13-5-8/h1-3,5-7,10H,4H2,(H3,12,14,15). The van der Waals surface area contributed by atoms with Gasteiger partial charge in [-0.3, -0.25) is 14.9 Å². The zero-order valence-electron chi connectivity index (χ0n) is 9.04. The molecule has 0 aromatic carbocycles. The van der Waals surface area contributed by atoms with Crippen LogP contribution in [-0.4, -0.2) is 21.7 Å². The maximum atomic E-state index is 10.5. The van der Waals surface area contributed by atoms with Crippen LogP contribution in [0.4, 0.5) is 5.82 Å².